The Kier molecular flexibility index (Phi) is 3.24. The first kappa shape index (κ1) is 12.8. The first-order valence-corrected chi connectivity index (χ1v) is 5.90. The molecule has 2 aromatic rings. The monoisotopic (exact) mass is 277 g/mol. The molecule has 0 fully saturated rings. The van der Waals surface area contributed by atoms with E-state index in [1.807, 2.05) is 13.8 Å². The van der Waals surface area contributed by atoms with Gasteiger partial charge in [-0.3, -0.25) is 4.68 Å². The number of anilines is 2. The van der Waals surface area contributed by atoms with Gasteiger partial charge < -0.3 is 5.32 Å². The lowest BCUT2D eigenvalue weighted by molar-refractivity contribution is -0.138. The normalized spacial score (nSPS) is 12.1. The van der Waals surface area contributed by atoms with E-state index in [-0.39, 0.29) is 11.2 Å². The standard InChI is InChI=1S/C9H10F3N5S/c1-5(2)17-4-6(3-13-17)14-8-16-15-7(18-8)9(10,11)12/h3-5H,1-2H3,(H,14,16). The Bertz CT molecular complexity index is 530. The molecule has 1 N–H and O–H groups in total. The first-order chi connectivity index (χ1) is 8.36. The molecule has 0 aromatic carbocycles. The molecule has 0 aliphatic rings. The lowest BCUT2D eigenvalue weighted by Gasteiger charge is -2.02. The molecule has 0 spiro atoms. The fourth-order valence-electron chi connectivity index (χ4n) is 1.20. The fraction of sp³-hybridized carbons (Fsp3) is 0.444. The summed E-state index contributed by atoms with van der Waals surface area (Å²) in [6.07, 6.45) is -1.24. The molecule has 2 aromatic heterocycles. The van der Waals surface area contributed by atoms with Crippen LogP contribution in [0.15, 0.2) is 12.4 Å². The van der Waals surface area contributed by atoms with E-state index < -0.39 is 11.2 Å². The number of halogens is 3. The molecule has 5 nitrogen and oxygen atoms in total. The molecular formula is C9H10F3N5S. The number of nitrogens with one attached hydrogen (secondary N) is 1. The molecule has 9 heteroatoms. The zero-order valence-corrected chi connectivity index (χ0v) is 10.4. The van der Waals surface area contributed by atoms with Crippen LogP contribution in [0.1, 0.15) is 24.9 Å². The molecule has 0 unspecified atom stereocenters. The molecule has 0 atom stereocenters. The lowest BCUT2D eigenvalue weighted by atomic mass is 10.4. The zero-order chi connectivity index (χ0) is 13.3. The van der Waals surface area contributed by atoms with Gasteiger partial charge >= 0.3 is 6.18 Å². The average Bonchev–Trinajstić information content (AvgIpc) is 2.85. The summed E-state index contributed by atoms with van der Waals surface area (Å²) in [5.41, 5.74) is 0.577. The smallest absolute Gasteiger partial charge is 0.327 e. The first-order valence-electron chi connectivity index (χ1n) is 5.08. The highest BCUT2D eigenvalue weighted by molar-refractivity contribution is 7.15. The lowest BCUT2D eigenvalue weighted by Crippen LogP contribution is -2.03. The molecule has 0 aliphatic carbocycles. The highest BCUT2D eigenvalue weighted by Crippen LogP contribution is 2.33. The number of rotatable bonds is 3. The Morgan fingerprint density at radius 1 is 1.33 bits per heavy atom. The van der Waals surface area contributed by atoms with Crippen molar-refractivity contribution >= 4 is 22.2 Å². The van der Waals surface area contributed by atoms with Crippen LogP contribution in [0.3, 0.4) is 0 Å². The second-order valence-electron chi connectivity index (χ2n) is 3.84. The van der Waals surface area contributed by atoms with Gasteiger partial charge in [0, 0.05) is 12.2 Å². The number of nitrogens with zero attached hydrogens (tertiary/aromatic N) is 4. The van der Waals surface area contributed by atoms with Crippen LogP contribution < -0.4 is 5.32 Å². The Morgan fingerprint density at radius 2 is 2.06 bits per heavy atom. The van der Waals surface area contributed by atoms with Gasteiger partial charge in [-0.15, -0.1) is 10.2 Å². The molecule has 0 saturated carbocycles. The molecule has 98 valence electrons. The highest BCUT2D eigenvalue weighted by Gasteiger charge is 2.35. The van der Waals surface area contributed by atoms with Crippen molar-refractivity contribution in [2.24, 2.45) is 0 Å². The van der Waals surface area contributed by atoms with E-state index in [2.05, 4.69) is 20.6 Å². The van der Waals surface area contributed by atoms with Gasteiger partial charge in [-0.05, 0) is 13.8 Å². The topological polar surface area (TPSA) is 55.6 Å². The van der Waals surface area contributed by atoms with E-state index >= 15 is 0 Å². The van der Waals surface area contributed by atoms with E-state index in [9.17, 15) is 13.2 Å². The summed E-state index contributed by atoms with van der Waals surface area (Å²) in [6.45, 7) is 3.90. The number of aromatic nitrogens is 4. The quantitative estimate of drug-likeness (QED) is 0.936. The maximum atomic E-state index is 12.3. The molecule has 0 radical (unpaired) electrons. The third-order valence-electron chi connectivity index (χ3n) is 2.05. The molecule has 0 aliphatic heterocycles. The minimum Gasteiger partial charge on any atom is -0.327 e. The predicted molar refractivity (Wildman–Crippen MR) is 60.8 cm³/mol. The van der Waals surface area contributed by atoms with Crippen LogP contribution >= 0.6 is 11.3 Å². The Labute approximate surface area is 105 Å². The summed E-state index contributed by atoms with van der Waals surface area (Å²) in [5.74, 6) is 0. The number of hydrogen-bond donors (Lipinski definition) is 1. The summed E-state index contributed by atoms with van der Waals surface area (Å²) in [4.78, 5) is 0. The van der Waals surface area contributed by atoms with E-state index in [1.165, 1.54) is 6.20 Å². The predicted octanol–water partition coefficient (Wildman–Crippen LogP) is 3.08. The van der Waals surface area contributed by atoms with Crippen molar-refractivity contribution in [1.29, 1.82) is 0 Å². The van der Waals surface area contributed by atoms with Gasteiger partial charge in [-0.2, -0.15) is 18.3 Å². The van der Waals surface area contributed by atoms with Gasteiger partial charge in [-0.25, -0.2) is 0 Å². The highest BCUT2D eigenvalue weighted by atomic mass is 32.1. The van der Waals surface area contributed by atoms with Gasteiger partial charge in [-0.1, -0.05) is 11.3 Å². The Hall–Kier alpha value is -1.64. The second kappa shape index (κ2) is 4.56. The summed E-state index contributed by atoms with van der Waals surface area (Å²) in [7, 11) is 0. The van der Waals surface area contributed by atoms with Crippen LogP contribution in [0.4, 0.5) is 24.0 Å². The van der Waals surface area contributed by atoms with Crippen molar-refractivity contribution < 1.29 is 13.2 Å². The maximum absolute atomic E-state index is 12.3. The molecule has 0 saturated heterocycles. The van der Waals surface area contributed by atoms with Crippen LogP contribution in [0.2, 0.25) is 0 Å². The van der Waals surface area contributed by atoms with Gasteiger partial charge in [0.25, 0.3) is 0 Å². The number of hydrogen-bond acceptors (Lipinski definition) is 5. The Balaban J connectivity index is 2.11. The molecule has 2 heterocycles. The molecule has 0 amide bonds. The van der Waals surface area contributed by atoms with Crippen molar-refractivity contribution in [1.82, 2.24) is 20.0 Å². The van der Waals surface area contributed by atoms with Crippen molar-refractivity contribution in [2.75, 3.05) is 5.32 Å². The molecule has 18 heavy (non-hydrogen) atoms. The SMILES string of the molecule is CC(C)n1cc(Nc2nnc(C(F)(F)F)s2)cn1. The van der Waals surface area contributed by atoms with E-state index in [1.54, 1.807) is 10.9 Å². The largest absolute Gasteiger partial charge is 0.445 e. The fourth-order valence-corrected chi connectivity index (χ4v) is 1.83. The van der Waals surface area contributed by atoms with Crippen LogP contribution in [-0.4, -0.2) is 20.0 Å². The third kappa shape index (κ3) is 2.78. The van der Waals surface area contributed by atoms with Crippen molar-refractivity contribution in [2.45, 2.75) is 26.1 Å². The van der Waals surface area contributed by atoms with Gasteiger partial charge in [0.15, 0.2) is 0 Å². The minimum atomic E-state index is -4.46. The minimum absolute atomic E-state index is 0.0885. The van der Waals surface area contributed by atoms with Gasteiger partial charge in [0.05, 0.1) is 11.9 Å². The average molecular weight is 277 g/mol. The molecule has 2 rings (SSSR count). The van der Waals surface area contributed by atoms with Crippen molar-refractivity contribution in [3.63, 3.8) is 0 Å². The summed E-state index contributed by atoms with van der Waals surface area (Å²) < 4.78 is 38.6. The number of alkyl halides is 3. The summed E-state index contributed by atoms with van der Waals surface area (Å²) >= 11 is 0.457. The van der Waals surface area contributed by atoms with Crippen molar-refractivity contribution in [3.05, 3.63) is 17.4 Å². The summed E-state index contributed by atoms with van der Waals surface area (Å²) in [5, 5.41) is 12.4. The third-order valence-corrected chi connectivity index (χ3v) is 2.93. The summed E-state index contributed by atoms with van der Waals surface area (Å²) in [6, 6.07) is 0.181. The van der Waals surface area contributed by atoms with Crippen molar-refractivity contribution in [3.8, 4) is 0 Å². The van der Waals surface area contributed by atoms with Crippen LogP contribution in [0.5, 0.6) is 0 Å². The molecular weight excluding hydrogens is 267 g/mol. The van der Waals surface area contributed by atoms with Crippen LogP contribution in [0, 0.1) is 0 Å². The van der Waals surface area contributed by atoms with Crippen LogP contribution in [-0.2, 0) is 6.18 Å². The van der Waals surface area contributed by atoms with E-state index in [0.29, 0.717) is 17.0 Å². The van der Waals surface area contributed by atoms with E-state index in [0.717, 1.165) is 0 Å². The molecule has 0 bridgehead atoms. The second-order valence-corrected chi connectivity index (χ2v) is 4.82. The van der Waals surface area contributed by atoms with Gasteiger partial charge in [0.2, 0.25) is 10.1 Å². The van der Waals surface area contributed by atoms with Gasteiger partial charge in [0.1, 0.15) is 0 Å². The zero-order valence-electron chi connectivity index (χ0n) is 9.56. The maximum Gasteiger partial charge on any atom is 0.445 e. The van der Waals surface area contributed by atoms with Crippen LogP contribution in [0.25, 0.3) is 0 Å². The Morgan fingerprint density at radius 3 is 2.56 bits per heavy atom. The van der Waals surface area contributed by atoms with E-state index in [4.69, 9.17) is 0 Å².